The zero-order valence-corrected chi connectivity index (χ0v) is 11.3. The SMILES string of the molecule is NCC1(CO)CC1c1cccc(Oc2ccccc2)c1. The zero-order chi connectivity index (χ0) is 14.0. The Balaban J connectivity index is 1.78. The molecule has 2 atom stereocenters. The fourth-order valence-electron chi connectivity index (χ4n) is 2.70. The maximum absolute atomic E-state index is 9.48. The van der Waals surface area contributed by atoms with E-state index in [0.29, 0.717) is 12.5 Å². The van der Waals surface area contributed by atoms with Crippen LogP contribution in [0.25, 0.3) is 0 Å². The number of aliphatic hydroxyl groups is 1. The fraction of sp³-hybridized carbons (Fsp3) is 0.294. The third kappa shape index (κ3) is 2.42. The normalized spacial score (nSPS) is 24.4. The van der Waals surface area contributed by atoms with Gasteiger partial charge in [0.25, 0.3) is 0 Å². The number of hydrogen-bond acceptors (Lipinski definition) is 3. The molecule has 1 aliphatic rings. The summed E-state index contributed by atoms with van der Waals surface area (Å²) < 4.78 is 5.84. The molecule has 0 amide bonds. The highest BCUT2D eigenvalue weighted by atomic mass is 16.5. The van der Waals surface area contributed by atoms with Gasteiger partial charge in [-0.2, -0.15) is 0 Å². The second-order valence-electron chi connectivity index (χ2n) is 5.47. The maximum Gasteiger partial charge on any atom is 0.127 e. The highest BCUT2D eigenvalue weighted by Gasteiger charge is 2.53. The molecule has 0 radical (unpaired) electrons. The van der Waals surface area contributed by atoms with Crippen LogP contribution in [-0.4, -0.2) is 18.3 Å². The summed E-state index contributed by atoms with van der Waals surface area (Å²) in [7, 11) is 0. The largest absolute Gasteiger partial charge is 0.457 e. The molecular formula is C17H19NO2. The van der Waals surface area contributed by atoms with Crippen molar-refractivity contribution in [1.82, 2.24) is 0 Å². The second kappa shape index (κ2) is 5.27. The van der Waals surface area contributed by atoms with Gasteiger partial charge in [0.2, 0.25) is 0 Å². The van der Waals surface area contributed by atoms with Gasteiger partial charge in [-0.25, -0.2) is 0 Å². The number of benzene rings is 2. The van der Waals surface area contributed by atoms with Gasteiger partial charge >= 0.3 is 0 Å². The maximum atomic E-state index is 9.48. The average Bonchev–Trinajstić information content (AvgIpc) is 3.24. The van der Waals surface area contributed by atoms with Crippen LogP contribution in [0, 0.1) is 5.41 Å². The Bertz CT molecular complexity index is 579. The van der Waals surface area contributed by atoms with Crippen molar-refractivity contribution in [2.75, 3.05) is 13.2 Å². The van der Waals surface area contributed by atoms with Gasteiger partial charge in [-0.1, -0.05) is 30.3 Å². The van der Waals surface area contributed by atoms with Crippen LogP contribution in [0.2, 0.25) is 0 Å². The van der Waals surface area contributed by atoms with Crippen LogP contribution in [0.1, 0.15) is 17.9 Å². The first kappa shape index (κ1) is 13.2. The van der Waals surface area contributed by atoms with E-state index in [1.165, 1.54) is 5.56 Å². The Hall–Kier alpha value is -1.84. The van der Waals surface area contributed by atoms with Gasteiger partial charge in [0.15, 0.2) is 0 Å². The summed E-state index contributed by atoms with van der Waals surface area (Å²) in [6.07, 6.45) is 0.953. The number of para-hydroxylation sites is 1. The average molecular weight is 269 g/mol. The summed E-state index contributed by atoms with van der Waals surface area (Å²) >= 11 is 0. The Morgan fingerprint density at radius 3 is 2.50 bits per heavy atom. The van der Waals surface area contributed by atoms with Gasteiger partial charge in [-0.3, -0.25) is 0 Å². The number of aliphatic hydroxyl groups excluding tert-OH is 1. The first-order valence-corrected chi connectivity index (χ1v) is 6.91. The van der Waals surface area contributed by atoms with Crippen LogP contribution >= 0.6 is 0 Å². The monoisotopic (exact) mass is 269 g/mol. The van der Waals surface area contributed by atoms with Crippen molar-refractivity contribution in [3.05, 3.63) is 60.2 Å². The van der Waals surface area contributed by atoms with Crippen molar-refractivity contribution in [2.45, 2.75) is 12.3 Å². The predicted molar refractivity (Wildman–Crippen MR) is 78.9 cm³/mol. The number of nitrogens with two attached hydrogens (primary N) is 1. The molecule has 3 rings (SSSR count). The van der Waals surface area contributed by atoms with Crippen molar-refractivity contribution < 1.29 is 9.84 Å². The van der Waals surface area contributed by atoms with Crippen molar-refractivity contribution in [3.8, 4) is 11.5 Å². The molecule has 1 aliphatic carbocycles. The van der Waals surface area contributed by atoms with E-state index in [1.807, 2.05) is 48.5 Å². The number of rotatable bonds is 5. The molecule has 3 heteroatoms. The minimum atomic E-state index is -0.120. The van der Waals surface area contributed by atoms with Crippen molar-refractivity contribution in [3.63, 3.8) is 0 Å². The smallest absolute Gasteiger partial charge is 0.127 e. The van der Waals surface area contributed by atoms with E-state index < -0.39 is 0 Å². The first-order valence-electron chi connectivity index (χ1n) is 6.91. The molecule has 20 heavy (non-hydrogen) atoms. The fourth-order valence-corrected chi connectivity index (χ4v) is 2.70. The molecule has 1 saturated carbocycles. The Morgan fingerprint density at radius 1 is 1.10 bits per heavy atom. The topological polar surface area (TPSA) is 55.5 Å². The number of ether oxygens (including phenoxy) is 1. The molecule has 1 fully saturated rings. The van der Waals surface area contributed by atoms with E-state index in [9.17, 15) is 5.11 Å². The van der Waals surface area contributed by atoms with Crippen LogP contribution in [0.15, 0.2) is 54.6 Å². The second-order valence-corrected chi connectivity index (χ2v) is 5.47. The van der Waals surface area contributed by atoms with Crippen LogP contribution in [0.5, 0.6) is 11.5 Å². The zero-order valence-electron chi connectivity index (χ0n) is 11.3. The van der Waals surface area contributed by atoms with Crippen LogP contribution < -0.4 is 10.5 Å². The van der Waals surface area contributed by atoms with E-state index in [1.54, 1.807) is 0 Å². The lowest BCUT2D eigenvalue weighted by Gasteiger charge is -2.12. The first-order chi connectivity index (χ1) is 9.77. The molecule has 0 aliphatic heterocycles. The molecule has 0 saturated heterocycles. The Kier molecular flexibility index (Phi) is 3.47. The molecule has 0 bridgehead atoms. The standard InChI is InChI=1S/C17H19NO2/c18-11-17(12-19)10-16(17)13-5-4-8-15(9-13)20-14-6-2-1-3-7-14/h1-9,16,19H,10-12,18H2. The van der Waals surface area contributed by atoms with Crippen LogP contribution in [-0.2, 0) is 0 Å². The van der Waals surface area contributed by atoms with Gasteiger partial charge in [-0.05, 0) is 42.2 Å². The van der Waals surface area contributed by atoms with Crippen LogP contribution in [0.4, 0.5) is 0 Å². The van der Waals surface area contributed by atoms with Crippen molar-refractivity contribution >= 4 is 0 Å². The molecule has 0 heterocycles. The van der Waals surface area contributed by atoms with Gasteiger partial charge in [0.1, 0.15) is 11.5 Å². The lowest BCUT2D eigenvalue weighted by atomic mass is 10.00. The minimum Gasteiger partial charge on any atom is -0.457 e. The summed E-state index contributed by atoms with van der Waals surface area (Å²) in [6.45, 7) is 0.676. The van der Waals surface area contributed by atoms with E-state index >= 15 is 0 Å². The third-order valence-corrected chi connectivity index (χ3v) is 4.15. The van der Waals surface area contributed by atoms with Gasteiger partial charge < -0.3 is 15.6 Å². The van der Waals surface area contributed by atoms with E-state index in [2.05, 4.69) is 6.07 Å². The summed E-state index contributed by atoms with van der Waals surface area (Å²) in [5.41, 5.74) is 6.85. The minimum absolute atomic E-state index is 0.120. The summed E-state index contributed by atoms with van der Waals surface area (Å²) in [4.78, 5) is 0. The molecule has 2 unspecified atom stereocenters. The van der Waals surface area contributed by atoms with E-state index in [4.69, 9.17) is 10.5 Å². The molecule has 104 valence electrons. The molecule has 0 spiro atoms. The van der Waals surface area contributed by atoms with E-state index in [-0.39, 0.29) is 12.0 Å². The van der Waals surface area contributed by atoms with Gasteiger partial charge in [-0.15, -0.1) is 0 Å². The molecule has 2 aromatic rings. The molecule has 2 aromatic carbocycles. The summed E-state index contributed by atoms with van der Waals surface area (Å²) in [5.74, 6) is 1.99. The quantitative estimate of drug-likeness (QED) is 0.877. The highest BCUT2D eigenvalue weighted by Crippen LogP contribution is 2.58. The summed E-state index contributed by atoms with van der Waals surface area (Å²) in [6, 6.07) is 17.8. The summed E-state index contributed by atoms with van der Waals surface area (Å²) in [5, 5.41) is 9.48. The third-order valence-electron chi connectivity index (χ3n) is 4.15. The van der Waals surface area contributed by atoms with Crippen LogP contribution in [0.3, 0.4) is 0 Å². The number of hydrogen-bond donors (Lipinski definition) is 2. The van der Waals surface area contributed by atoms with Gasteiger partial charge in [0, 0.05) is 12.0 Å². The lowest BCUT2D eigenvalue weighted by Crippen LogP contribution is -2.21. The molecular weight excluding hydrogens is 250 g/mol. The highest BCUT2D eigenvalue weighted by molar-refractivity contribution is 5.38. The molecule has 0 aromatic heterocycles. The van der Waals surface area contributed by atoms with Gasteiger partial charge in [0.05, 0.1) is 6.61 Å². The van der Waals surface area contributed by atoms with Crippen molar-refractivity contribution in [2.24, 2.45) is 11.1 Å². The lowest BCUT2D eigenvalue weighted by molar-refractivity contribution is 0.211. The Labute approximate surface area is 119 Å². The molecule has 3 nitrogen and oxygen atoms in total. The predicted octanol–water partition coefficient (Wildman–Crippen LogP) is 2.90. The van der Waals surface area contributed by atoms with E-state index in [0.717, 1.165) is 17.9 Å². The molecule has 3 N–H and O–H groups in total. The van der Waals surface area contributed by atoms with Crippen molar-refractivity contribution in [1.29, 1.82) is 0 Å². The Morgan fingerprint density at radius 2 is 1.85 bits per heavy atom.